The van der Waals surface area contributed by atoms with Crippen LogP contribution >= 0.6 is 0 Å². The second-order valence-electron chi connectivity index (χ2n) is 8.57. The van der Waals surface area contributed by atoms with Gasteiger partial charge in [-0.25, -0.2) is 9.18 Å². The molecule has 2 heterocycles. The van der Waals surface area contributed by atoms with Gasteiger partial charge in [0.2, 0.25) is 11.8 Å². The van der Waals surface area contributed by atoms with E-state index in [1.165, 1.54) is 17.0 Å². The number of hydrogen-bond donors (Lipinski definition) is 1. The van der Waals surface area contributed by atoms with Crippen LogP contribution in [0.25, 0.3) is 0 Å². The van der Waals surface area contributed by atoms with Crippen LogP contribution in [0, 0.1) is 5.82 Å². The summed E-state index contributed by atoms with van der Waals surface area (Å²) in [7, 11) is 1.60. The Morgan fingerprint density at radius 3 is 2.59 bits per heavy atom. The predicted octanol–water partition coefficient (Wildman–Crippen LogP) is 3.20. The van der Waals surface area contributed by atoms with E-state index >= 15 is 0 Å². The van der Waals surface area contributed by atoms with Crippen LogP contribution in [-0.4, -0.2) is 31.3 Å². The van der Waals surface area contributed by atoms with Gasteiger partial charge in [-0.15, -0.1) is 0 Å². The van der Waals surface area contributed by atoms with Crippen LogP contribution in [0.4, 0.5) is 10.1 Å². The minimum absolute atomic E-state index is 0.0594. The van der Waals surface area contributed by atoms with Crippen molar-refractivity contribution in [3.63, 3.8) is 0 Å². The molecule has 2 aromatic rings. The number of nitrogens with two attached hydrogens (primary N) is 1. The number of halogens is 1. The maximum atomic E-state index is 13.9. The lowest BCUT2D eigenvalue weighted by atomic mass is 9.63. The monoisotopic (exact) mass is 462 g/mol. The van der Waals surface area contributed by atoms with Gasteiger partial charge in [0.25, 0.3) is 0 Å². The van der Waals surface area contributed by atoms with E-state index in [0.29, 0.717) is 11.3 Å². The van der Waals surface area contributed by atoms with Gasteiger partial charge in [-0.05, 0) is 36.6 Å². The number of hydrogen-bond acceptors (Lipinski definition) is 6. The van der Waals surface area contributed by atoms with E-state index in [-0.39, 0.29) is 59.8 Å². The van der Waals surface area contributed by atoms with Gasteiger partial charge in [0.05, 0.1) is 12.2 Å². The van der Waals surface area contributed by atoms with Crippen molar-refractivity contribution in [3.05, 3.63) is 88.3 Å². The third-order valence-electron chi connectivity index (χ3n) is 6.77. The number of ether oxygens (including phenoxy) is 2. The number of nitrogens with zero attached hydrogens (tertiary/aromatic N) is 1. The summed E-state index contributed by atoms with van der Waals surface area (Å²) in [6.07, 6.45) is 0.342. The van der Waals surface area contributed by atoms with Gasteiger partial charge in [0.15, 0.2) is 5.78 Å². The molecule has 0 unspecified atom stereocenters. The summed E-state index contributed by atoms with van der Waals surface area (Å²) in [6, 6.07) is 12.9. The fourth-order valence-electron chi connectivity index (χ4n) is 5.35. The number of anilines is 1. The number of amides is 1. The van der Waals surface area contributed by atoms with Crippen LogP contribution in [0.3, 0.4) is 0 Å². The zero-order valence-corrected chi connectivity index (χ0v) is 18.8. The van der Waals surface area contributed by atoms with Gasteiger partial charge in [-0.3, -0.25) is 9.59 Å². The first-order valence-corrected chi connectivity index (χ1v) is 11.1. The Labute approximate surface area is 195 Å². The molecule has 1 amide bonds. The Morgan fingerprint density at radius 2 is 1.88 bits per heavy atom. The Morgan fingerprint density at radius 1 is 1.18 bits per heavy atom. The van der Waals surface area contributed by atoms with E-state index in [9.17, 15) is 18.8 Å². The highest BCUT2D eigenvalue weighted by Crippen LogP contribution is 2.56. The van der Waals surface area contributed by atoms with Gasteiger partial charge in [0.1, 0.15) is 22.6 Å². The molecule has 7 nitrogen and oxygen atoms in total. The van der Waals surface area contributed by atoms with E-state index in [2.05, 4.69) is 0 Å². The molecule has 174 valence electrons. The SMILES string of the molecule is CCOC(=O)C1=C(N)OC2=C(C(=O)C[C@H](c3ccc(F)cc3)C2)[C@@]12C(=O)N(C)c1ccccc12. The number of rotatable bonds is 3. The number of fused-ring (bicyclic) bond motifs is 3. The molecule has 1 aliphatic carbocycles. The Kier molecular flexibility index (Phi) is 5.04. The summed E-state index contributed by atoms with van der Waals surface area (Å²) in [4.78, 5) is 42.3. The summed E-state index contributed by atoms with van der Waals surface area (Å²) in [5.41, 5.74) is 6.29. The second-order valence-corrected chi connectivity index (χ2v) is 8.57. The minimum Gasteiger partial charge on any atom is -0.462 e. The number of Topliss-reactive ketones (excluding diaryl/α,β-unsaturated/α-hetero) is 1. The molecule has 8 heteroatoms. The van der Waals surface area contributed by atoms with Crippen molar-refractivity contribution in [1.82, 2.24) is 0 Å². The second kappa shape index (κ2) is 7.83. The lowest BCUT2D eigenvalue weighted by molar-refractivity contribution is -0.141. The highest BCUT2D eigenvalue weighted by Gasteiger charge is 2.63. The summed E-state index contributed by atoms with van der Waals surface area (Å²) in [6.45, 7) is 1.70. The normalized spacial score (nSPS) is 23.7. The first kappa shape index (κ1) is 21.9. The summed E-state index contributed by atoms with van der Waals surface area (Å²) in [5.74, 6) is -2.28. The zero-order chi connectivity index (χ0) is 24.2. The van der Waals surface area contributed by atoms with Gasteiger partial charge in [-0.2, -0.15) is 0 Å². The zero-order valence-electron chi connectivity index (χ0n) is 18.8. The van der Waals surface area contributed by atoms with E-state index in [1.54, 1.807) is 50.4 Å². The largest absolute Gasteiger partial charge is 0.462 e. The minimum atomic E-state index is -1.75. The van der Waals surface area contributed by atoms with Crippen molar-refractivity contribution in [2.24, 2.45) is 5.73 Å². The van der Waals surface area contributed by atoms with E-state index < -0.39 is 17.3 Å². The molecule has 1 spiro atoms. The lowest BCUT2D eigenvalue weighted by Gasteiger charge is -2.40. The van der Waals surface area contributed by atoms with Gasteiger partial charge in [0, 0.05) is 31.1 Å². The quantitative estimate of drug-likeness (QED) is 0.704. The van der Waals surface area contributed by atoms with E-state index in [4.69, 9.17) is 15.2 Å². The Hall–Kier alpha value is -3.94. The number of para-hydroxylation sites is 1. The maximum Gasteiger partial charge on any atom is 0.341 e. The van der Waals surface area contributed by atoms with Crippen molar-refractivity contribution in [1.29, 1.82) is 0 Å². The average Bonchev–Trinajstić information content (AvgIpc) is 3.02. The molecule has 34 heavy (non-hydrogen) atoms. The summed E-state index contributed by atoms with van der Waals surface area (Å²) >= 11 is 0. The predicted molar refractivity (Wildman–Crippen MR) is 121 cm³/mol. The molecule has 0 saturated heterocycles. The molecule has 2 atom stereocenters. The first-order valence-electron chi connectivity index (χ1n) is 11.1. The maximum absolute atomic E-state index is 13.9. The standard InChI is InChI=1S/C26H23FN2O5/c1-3-33-24(31)22-23(28)34-20-13-15(14-8-10-16(27)11-9-14)12-19(30)21(20)26(22)17-6-4-5-7-18(17)29(2)25(26)32/h4-11,15H,3,12-13,28H2,1-2H3/t15-,26+/m0/s1. The lowest BCUT2D eigenvalue weighted by Crippen LogP contribution is -2.51. The number of carbonyl (C=O) groups excluding carboxylic acids is 3. The third-order valence-corrected chi connectivity index (χ3v) is 6.77. The van der Waals surface area contributed by atoms with Crippen molar-refractivity contribution in [3.8, 4) is 0 Å². The highest BCUT2D eigenvalue weighted by atomic mass is 19.1. The van der Waals surface area contributed by atoms with Crippen molar-refractivity contribution in [2.45, 2.75) is 31.1 Å². The Bertz CT molecular complexity index is 1300. The number of esters is 1. The summed E-state index contributed by atoms with van der Waals surface area (Å²) < 4.78 is 24.6. The number of ketones is 1. The van der Waals surface area contributed by atoms with Crippen LogP contribution in [0.5, 0.6) is 0 Å². The molecule has 0 radical (unpaired) electrons. The molecular weight excluding hydrogens is 439 g/mol. The molecule has 0 saturated carbocycles. The number of allylic oxidation sites excluding steroid dienone is 1. The van der Waals surface area contributed by atoms with Gasteiger partial charge in [-0.1, -0.05) is 30.3 Å². The molecular formula is C26H23FN2O5. The van der Waals surface area contributed by atoms with Gasteiger partial charge < -0.3 is 20.1 Å². The first-order chi connectivity index (χ1) is 16.3. The smallest absolute Gasteiger partial charge is 0.341 e. The van der Waals surface area contributed by atoms with E-state index in [0.717, 1.165) is 5.56 Å². The third kappa shape index (κ3) is 2.91. The molecule has 0 aromatic heterocycles. The van der Waals surface area contributed by atoms with Crippen molar-refractivity contribution >= 4 is 23.3 Å². The molecule has 2 aliphatic heterocycles. The average molecular weight is 462 g/mol. The van der Waals surface area contributed by atoms with Gasteiger partial charge >= 0.3 is 5.97 Å². The van der Waals surface area contributed by atoms with Crippen LogP contribution < -0.4 is 10.6 Å². The number of likely N-dealkylation sites (N-methyl/N-ethyl adjacent to an activating group) is 1. The molecule has 3 aliphatic rings. The van der Waals surface area contributed by atoms with E-state index in [1.807, 2.05) is 0 Å². The topological polar surface area (TPSA) is 98.9 Å². The summed E-state index contributed by atoms with van der Waals surface area (Å²) in [5, 5.41) is 0. The Balaban J connectivity index is 1.74. The highest BCUT2D eigenvalue weighted by molar-refractivity contribution is 6.23. The number of benzene rings is 2. The van der Waals surface area contributed by atoms with Crippen LogP contribution in [0.2, 0.25) is 0 Å². The molecule has 0 bridgehead atoms. The fraction of sp³-hybridized carbons (Fsp3) is 0.269. The van der Waals surface area contributed by atoms with Crippen LogP contribution in [0.15, 0.2) is 71.3 Å². The molecule has 5 rings (SSSR count). The fourth-order valence-corrected chi connectivity index (χ4v) is 5.35. The number of carbonyl (C=O) groups is 3. The van der Waals surface area contributed by atoms with Crippen LogP contribution in [0.1, 0.15) is 36.8 Å². The molecule has 2 aromatic carbocycles. The molecule has 0 fully saturated rings. The van der Waals surface area contributed by atoms with Crippen LogP contribution in [-0.2, 0) is 29.3 Å². The molecule has 2 N–H and O–H groups in total. The van der Waals surface area contributed by atoms with Crippen molar-refractivity contribution < 1.29 is 28.2 Å². The van der Waals surface area contributed by atoms with Crippen molar-refractivity contribution in [2.75, 3.05) is 18.6 Å².